The molecule has 0 spiro atoms. The van der Waals surface area contributed by atoms with Gasteiger partial charge in [0.05, 0.1) is 7.11 Å². The molecule has 0 saturated carbocycles. The van der Waals surface area contributed by atoms with Gasteiger partial charge in [0.2, 0.25) is 5.13 Å². The van der Waals surface area contributed by atoms with Gasteiger partial charge in [-0.25, -0.2) is 0 Å². The van der Waals surface area contributed by atoms with Crippen LogP contribution in [0.15, 0.2) is 18.2 Å². The lowest BCUT2D eigenvalue weighted by molar-refractivity contribution is 0.412. The third-order valence-electron chi connectivity index (χ3n) is 2.18. The van der Waals surface area contributed by atoms with Gasteiger partial charge in [-0.15, -0.1) is 10.2 Å². The minimum atomic E-state index is 0.479. The molecule has 0 aliphatic heterocycles. The van der Waals surface area contributed by atoms with E-state index in [1.807, 2.05) is 25.1 Å². The van der Waals surface area contributed by atoms with Crippen LogP contribution in [0.2, 0.25) is 0 Å². The predicted molar refractivity (Wildman–Crippen MR) is 61.0 cm³/mol. The molecule has 0 fully saturated rings. The minimum Gasteiger partial charge on any atom is -0.496 e. The average Bonchev–Trinajstić information content (AvgIpc) is 2.65. The van der Waals surface area contributed by atoms with Crippen molar-refractivity contribution >= 4 is 16.5 Å². The van der Waals surface area contributed by atoms with E-state index in [9.17, 15) is 0 Å². The van der Waals surface area contributed by atoms with Crippen molar-refractivity contribution in [2.45, 2.75) is 6.92 Å². The fourth-order valence-corrected chi connectivity index (χ4v) is 2.10. The quantitative estimate of drug-likeness (QED) is 0.843. The Morgan fingerprint density at radius 1 is 1.33 bits per heavy atom. The van der Waals surface area contributed by atoms with Crippen molar-refractivity contribution in [1.82, 2.24) is 10.2 Å². The van der Waals surface area contributed by atoms with E-state index in [0.29, 0.717) is 5.13 Å². The summed E-state index contributed by atoms with van der Waals surface area (Å²) in [7, 11) is 1.65. The number of rotatable bonds is 2. The molecule has 15 heavy (non-hydrogen) atoms. The largest absolute Gasteiger partial charge is 0.496 e. The highest BCUT2D eigenvalue weighted by molar-refractivity contribution is 7.18. The topological polar surface area (TPSA) is 61.0 Å². The van der Waals surface area contributed by atoms with Gasteiger partial charge >= 0.3 is 0 Å². The summed E-state index contributed by atoms with van der Waals surface area (Å²) in [4.78, 5) is 0. The van der Waals surface area contributed by atoms with Crippen LogP contribution < -0.4 is 10.5 Å². The Kier molecular flexibility index (Phi) is 2.55. The smallest absolute Gasteiger partial charge is 0.203 e. The highest BCUT2D eigenvalue weighted by Gasteiger charge is 2.10. The van der Waals surface area contributed by atoms with Crippen LogP contribution >= 0.6 is 11.3 Å². The van der Waals surface area contributed by atoms with Gasteiger partial charge in [0.1, 0.15) is 10.8 Å². The Balaban J connectivity index is 2.53. The van der Waals surface area contributed by atoms with Crippen molar-refractivity contribution in [3.8, 4) is 16.3 Å². The van der Waals surface area contributed by atoms with Crippen molar-refractivity contribution in [1.29, 1.82) is 0 Å². The van der Waals surface area contributed by atoms with Gasteiger partial charge in [-0.1, -0.05) is 23.5 Å². The van der Waals surface area contributed by atoms with E-state index >= 15 is 0 Å². The summed E-state index contributed by atoms with van der Waals surface area (Å²) < 4.78 is 5.24. The van der Waals surface area contributed by atoms with Crippen molar-refractivity contribution in [2.75, 3.05) is 12.8 Å². The van der Waals surface area contributed by atoms with E-state index in [1.54, 1.807) is 7.11 Å². The van der Waals surface area contributed by atoms with Gasteiger partial charge < -0.3 is 10.5 Å². The summed E-state index contributed by atoms with van der Waals surface area (Å²) in [5, 5.41) is 9.11. The molecular formula is C10H11N3OS. The minimum absolute atomic E-state index is 0.479. The highest BCUT2D eigenvalue weighted by Crippen LogP contribution is 2.31. The van der Waals surface area contributed by atoms with Crippen molar-refractivity contribution in [2.24, 2.45) is 0 Å². The zero-order valence-corrected chi connectivity index (χ0v) is 9.34. The molecule has 1 aromatic heterocycles. The third-order valence-corrected chi connectivity index (χ3v) is 2.96. The summed E-state index contributed by atoms with van der Waals surface area (Å²) in [6.45, 7) is 1.99. The molecule has 0 saturated heterocycles. The number of anilines is 1. The number of benzene rings is 1. The van der Waals surface area contributed by atoms with Gasteiger partial charge in [-0.3, -0.25) is 0 Å². The number of nitrogen functional groups attached to an aromatic ring is 1. The highest BCUT2D eigenvalue weighted by atomic mass is 32.1. The lowest BCUT2D eigenvalue weighted by Crippen LogP contribution is -1.89. The van der Waals surface area contributed by atoms with Crippen LogP contribution in [0.3, 0.4) is 0 Å². The lowest BCUT2D eigenvalue weighted by Gasteiger charge is -2.07. The number of methoxy groups -OCH3 is 1. The van der Waals surface area contributed by atoms with Crippen molar-refractivity contribution in [3.63, 3.8) is 0 Å². The number of hydrogen-bond donors (Lipinski definition) is 1. The Bertz CT molecular complexity index is 481. The molecule has 1 heterocycles. The molecule has 2 aromatic rings. The van der Waals surface area contributed by atoms with Gasteiger partial charge in [0.25, 0.3) is 0 Å². The van der Waals surface area contributed by atoms with E-state index in [2.05, 4.69) is 10.2 Å². The van der Waals surface area contributed by atoms with Gasteiger partial charge in [-0.2, -0.15) is 0 Å². The van der Waals surface area contributed by atoms with Gasteiger partial charge in [-0.05, 0) is 13.0 Å². The second-order valence-corrected chi connectivity index (χ2v) is 4.09. The Labute approximate surface area is 91.7 Å². The first kappa shape index (κ1) is 9.92. The van der Waals surface area contributed by atoms with Crippen molar-refractivity contribution < 1.29 is 4.74 Å². The van der Waals surface area contributed by atoms with Crippen LogP contribution in [-0.2, 0) is 0 Å². The van der Waals surface area contributed by atoms with E-state index in [-0.39, 0.29) is 0 Å². The first-order chi connectivity index (χ1) is 7.22. The zero-order valence-electron chi connectivity index (χ0n) is 8.52. The summed E-state index contributed by atoms with van der Waals surface area (Å²) in [6, 6.07) is 5.83. The molecule has 2 N–H and O–H groups in total. The van der Waals surface area contributed by atoms with E-state index < -0.39 is 0 Å². The summed E-state index contributed by atoms with van der Waals surface area (Å²) >= 11 is 1.37. The molecule has 0 aliphatic carbocycles. The second kappa shape index (κ2) is 3.86. The van der Waals surface area contributed by atoms with Crippen LogP contribution in [0.1, 0.15) is 5.56 Å². The first-order valence-corrected chi connectivity index (χ1v) is 5.27. The number of nitrogens with zero attached hydrogens (tertiary/aromatic N) is 2. The maximum Gasteiger partial charge on any atom is 0.203 e. The molecule has 0 aliphatic rings. The zero-order chi connectivity index (χ0) is 10.8. The van der Waals surface area contributed by atoms with E-state index in [4.69, 9.17) is 10.5 Å². The predicted octanol–water partition coefficient (Wildman–Crippen LogP) is 2.10. The summed E-state index contributed by atoms with van der Waals surface area (Å²) in [6.07, 6.45) is 0. The molecule has 0 unspecified atom stereocenters. The maximum absolute atomic E-state index is 5.55. The second-order valence-electron chi connectivity index (χ2n) is 3.08. The number of hydrogen-bond acceptors (Lipinski definition) is 5. The molecular weight excluding hydrogens is 210 g/mol. The molecule has 2 rings (SSSR count). The Morgan fingerprint density at radius 2 is 2.13 bits per heavy atom. The van der Waals surface area contributed by atoms with E-state index in [0.717, 1.165) is 21.9 Å². The molecule has 1 aromatic carbocycles. The van der Waals surface area contributed by atoms with Crippen LogP contribution in [0.5, 0.6) is 5.75 Å². The number of aromatic nitrogens is 2. The van der Waals surface area contributed by atoms with Crippen LogP contribution in [0.4, 0.5) is 5.13 Å². The molecule has 5 heteroatoms. The summed E-state index contributed by atoms with van der Waals surface area (Å²) in [5.41, 5.74) is 7.62. The molecule has 0 bridgehead atoms. The van der Waals surface area contributed by atoms with Crippen molar-refractivity contribution in [3.05, 3.63) is 23.8 Å². The first-order valence-electron chi connectivity index (χ1n) is 4.45. The molecule has 0 radical (unpaired) electrons. The summed E-state index contributed by atoms with van der Waals surface area (Å²) in [5.74, 6) is 0.848. The fourth-order valence-electron chi connectivity index (χ4n) is 1.41. The van der Waals surface area contributed by atoms with Crippen LogP contribution in [0, 0.1) is 6.92 Å². The number of ether oxygens (including phenoxy) is 1. The van der Waals surface area contributed by atoms with Gasteiger partial charge in [0, 0.05) is 11.1 Å². The van der Waals surface area contributed by atoms with Gasteiger partial charge in [0.15, 0.2) is 0 Å². The lowest BCUT2D eigenvalue weighted by atomic mass is 10.1. The molecule has 0 atom stereocenters. The van der Waals surface area contributed by atoms with E-state index in [1.165, 1.54) is 11.3 Å². The average molecular weight is 221 g/mol. The third kappa shape index (κ3) is 1.78. The fraction of sp³-hybridized carbons (Fsp3) is 0.200. The Hall–Kier alpha value is -1.62. The normalized spacial score (nSPS) is 10.3. The SMILES string of the molecule is COc1cccc(-c2nnc(N)s2)c1C. The molecule has 78 valence electrons. The monoisotopic (exact) mass is 221 g/mol. The maximum atomic E-state index is 5.55. The Morgan fingerprint density at radius 3 is 2.73 bits per heavy atom. The van der Waals surface area contributed by atoms with Crippen LogP contribution in [0.25, 0.3) is 10.6 Å². The number of nitrogens with two attached hydrogens (primary N) is 1. The van der Waals surface area contributed by atoms with Crippen LogP contribution in [-0.4, -0.2) is 17.3 Å². The molecule has 4 nitrogen and oxygen atoms in total. The molecule has 0 amide bonds. The standard InChI is InChI=1S/C10H11N3OS/c1-6-7(4-3-5-8(6)14-2)9-12-13-10(11)15-9/h3-5H,1-2H3,(H2,11,13).